The minimum absolute atomic E-state index is 0.121. The lowest BCUT2D eigenvalue weighted by Gasteiger charge is -2.22. The lowest BCUT2D eigenvalue weighted by molar-refractivity contribution is -0.142. The normalized spacial score (nSPS) is 13.2. The number of amides is 4. The van der Waals surface area contributed by atoms with Crippen molar-refractivity contribution in [3.63, 3.8) is 0 Å². The zero-order chi connectivity index (χ0) is 24.3. The molecule has 0 bridgehead atoms. The van der Waals surface area contributed by atoms with Crippen molar-refractivity contribution < 1.29 is 39.0 Å². The minimum Gasteiger partial charge on any atom is -0.481 e. The molecule has 3 atom stereocenters. The largest absolute Gasteiger partial charge is 0.481 e. The third-order valence-electron chi connectivity index (χ3n) is 4.10. The summed E-state index contributed by atoms with van der Waals surface area (Å²) in [5.74, 6) is -6.71. The Morgan fingerprint density at radius 2 is 1.38 bits per heavy atom. The molecule has 0 heterocycles. The van der Waals surface area contributed by atoms with Gasteiger partial charge in [0.2, 0.25) is 23.6 Å². The van der Waals surface area contributed by atoms with Gasteiger partial charge in [0.05, 0.1) is 18.9 Å². The summed E-state index contributed by atoms with van der Waals surface area (Å²) in [5.41, 5.74) is 11.6. The van der Waals surface area contributed by atoms with Gasteiger partial charge in [-0.15, -0.1) is 0 Å². The highest BCUT2D eigenvalue weighted by atomic mass is 16.4. The van der Waals surface area contributed by atoms with E-state index in [1.807, 2.05) is 5.32 Å². The van der Waals surface area contributed by atoms with Crippen LogP contribution in [0.25, 0.3) is 0 Å². The van der Waals surface area contributed by atoms with Gasteiger partial charge in [-0.2, -0.15) is 0 Å². The molecule has 0 spiro atoms. The van der Waals surface area contributed by atoms with E-state index >= 15 is 0 Å². The fourth-order valence-corrected chi connectivity index (χ4v) is 2.59. The van der Waals surface area contributed by atoms with E-state index in [0.717, 1.165) is 5.56 Å². The number of benzene rings is 1. The molecule has 13 heteroatoms. The molecule has 0 aliphatic heterocycles. The van der Waals surface area contributed by atoms with Crippen LogP contribution in [0.4, 0.5) is 0 Å². The number of carbonyl (C=O) groups is 6. The van der Waals surface area contributed by atoms with E-state index in [1.54, 1.807) is 30.3 Å². The Morgan fingerprint density at radius 3 is 1.91 bits per heavy atom. The number of hydrogen-bond acceptors (Lipinski definition) is 7. The molecule has 9 N–H and O–H groups in total. The highest BCUT2D eigenvalue weighted by molar-refractivity contribution is 5.96. The Labute approximate surface area is 182 Å². The SMILES string of the molecule is NC(=O)CC(NC(=O)C(CC(=O)O)NC(=O)C(N)Cc1ccccc1)C(=O)NCC(=O)O. The van der Waals surface area contributed by atoms with E-state index in [0.29, 0.717) is 0 Å². The smallest absolute Gasteiger partial charge is 0.322 e. The monoisotopic (exact) mass is 451 g/mol. The first-order valence-corrected chi connectivity index (χ1v) is 9.39. The molecule has 32 heavy (non-hydrogen) atoms. The van der Waals surface area contributed by atoms with Gasteiger partial charge in [-0.25, -0.2) is 0 Å². The molecule has 0 aliphatic rings. The first-order chi connectivity index (χ1) is 15.0. The van der Waals surface area contributed by atoms with Crippen LogP contribution in [0.1, 0.15) is 18.4 Å². The van der Waals surface area contributed by atoms with Crippen molar-refractivity contribution >= 4 is 35.6 Å². The zero-order valence-corrected chi connectivity index (χ0v) is 16.9. The Morgan fingerprint density at radius 1 is 0.812 bits per heavy atom. The molecule has 174 valence electrons. The number of carboxylic acid groups (broad SMARTS) is 2. The van der Waals surface area contributed by atoms with Gasteiger partial charge in [-0.3, -0.25) is 28.8 Å². The summed E-state index contributed by atoms with van der Waals surface area (Å²) in [5, 5.41) is 24.0. The number of hydrogen-bond donors (Lipinski definition) is 7. The predicted octanol–water partition coefficient (Wildman–Crippen LogP) is -2.92. The molecule has 1 aromatic rings. The lowest BCUT2D eigenvalue weighted by Crippen LogP contribution is -2.57. The fourth-order valence-electron chi connectivity index (χ4n) is 2.59. The fraction of sp³-hybridized carbons (Fsp3) is 0.368. The number of primary amides is 1. The van der Waals surface area contributed by atoms with Crippen molar-refractivity contribution in [2.75, 3.05) is 6.54 Å². The second-order valence-corrected chi connectivity index (χ2v) is 6.80. The van der Waals surface area contributed by atoms with Gasteiger partial charge in [0.15, 0.2) is 0 Å². The van der Waals surface area contributed by atoms with Gasteiger partial charge in [-0.05, 0) is 12.0 Å². The van der Waals surface area contributed by atoms with Crippen molar-refractivity contribution in [1.29, 1.82) is 0 Å². The summed E-state index contributed by atoms with van der Waals surface area (Å²) < 4.78 is 0. The molecule has 0 aromatic heterocycles. The number of nitrogens with one attached hydrogen (secondary N) is 3. The maximum atomic E-state index is 12.6. The zero-order valence-electron chi connectivity index (χ0n) is 16.9. The van der Waals surface area contributed by atoms with Crippen LogP contribution in [0.15, 0.2) is 30.3 Å². The molecule has 0 saturated heterocycles. The minimum atomic E-state index is -1.62. The van der Waals surface area contributed by atoms with Crippen molar-refractivity contribution in [3.05, 3.63) is 35.9 Å². The van der Waals surface area contributed by atoms with Gasteiger partial charge in [0, 0.05) is 0 Å². The van der Waals surface area contributed by atoms with Gasteiger partial charge in [-0.1, -0.05) is 30.3 Å². The van der Waals surface area contributed by atoms with Gasteiger partial charge < -0.3 is 37.6 Å². The van der Waals surface area contributed by atoms with Crippen molar-refractivity contribution in [1.82, 2.24) is 16.0 Å². The molecule has 3 unspecified atom stereocenters. The summed E-state index contributed by atoms with van der Waals surface area (Å²) in [6, 6.07) is 4.44. The van der Waals surface area contributed by atoms with Gasteiger partial charge in [0.1, 0.15) is 18.6 Å². The summed E-state index contributed by atoms with van der Waals surface area (Å²) >= 11 is 0. The van der Waals surface area contributed by atoms with Gasteiger partial charge >= 0.3 is 11.9 Å². The van der Waals surface area contributed by atoms with E-state index in [2.05, 4.69) is 10.6 Å². The van der Waals surface area contributed by atoms with Crippen LogP contribution in [0, 0.1) is 0 Å². The van der Waals surface area contributed by atoms with Crippen LogP contribution in [0.3, 0.4) is 0 Å². The molecule has 1 aromatic carbocycles. The van der Waals surface area contributed by atoms with Gasteiger partial charge in [0.25, 0.3) is 0 Å². The average molecular weight is 451 g/mol. The average Bonchev–Trinajstić information content (AvgIpc) is 2.70. The second kappa shape index (κ2) is 12.6. The first kappa shape index (κ1) is 26.0. The number of rotatable bonds is 13. The second-order valence-electron chi connectivity index (χ2n) is 6.80. The Bertz CT molecular complexity index is 861. The molecular weight excluding hydrogens is 426 g/mol. The summed E-state index contributed by atoms with van der Waals surface area (Å²) in [6.45, 7) is -0.784. The maximum Gasteiger partial charge on any atom is 0.322 e. The molecule has 13 nitrogen and oxygen atoms in total. The van der Waals surface area contributed by atoms with E-state index < -0.39 is 73.1 Å². The van der Waals surface area contributed by atoms with Crippen LogP contribution in [-0.2, 0) is 35.2 Å². The number of nitrogens with two attached hydrogens (primary N) is 2. The Balaban J connectivity index is 2.88. The number of carbonyl (C=O) groups excluding carboxylic acids is 4. The molecule has 0 saturated carbocycles. The number of carboxylic acids is 2. The third-order valence-corrected chi connectivity index (χ3v) is 4.10. The Kier molecular flexibility index (Phi) is 10.3. The maximum absolute atomic E-state index is 12.6. The van der Waals surface area contributed by atoms with E-state index in [-0.39, 0.29) is 6.42 Å². The van der Waals surface area contributed by atoms with Crippen LogP contribution in [0.2, 0.25) is 0 Å². The Hall–Kier alpha value is -4.00. The molecule has 0 radical (unpaired) electrons. The van der Waals surface area contributed by atoms with E-state index in [9.17, 15) is 28.8 Å². The van der Waals surface area contributed by atoms with E-state index in [1.165, 1.54) is 0 Å². The van der Waals surface area contributed by atoms with Crippen molar-refractivity contribution in [2.24, 2.45) is 11.5 Å². The number of aliphatic carboxylic acids is 2. The summed E-state index contributed by atoms with van der Waals surface area (Å²) in [6.07, 6.45) is -1.40. The van der Waals surface area contributed by atoms with Crippen molar-refractivity contribution in [2.45, 2.75) is 37.4 Å². The lowest BCUT2D eigenvalue weighted by atomic mass is 10.0. The highest BCUT2D eigenvalue weighted by Gasteiger charge is 2.30. The standard InChI is InChI=1S/C19H25N5O8/c20-11(6-10-4-2-1-3-5-10)17(30)23-13(8-15(26)27)19(32)24-12(7-14(21)25)18(31)22-9-16(28)29/h1-5,11-13H,6-9,20H2,(H2,21,25)(H,22,31)(H,23,30)(H,24,32)(H,26,27)(H,28,29). The van der Waals surface area contributed by atoms with Crippen LogP contribution in [0.5, 0.6) is 0 Å². The van der Waals surface area contributed by atoms with Crippen LogP contribution < -0.4 is 27.4 Å². The molecular formula is C19H25N5O8. The summed E-state index contributed by atoms with van der Waals surface area (Å²) in [7, 11) is 0. The topological polar surface area (TPSA) is 231 Å². The van der Waals surface area contributed by atoms with Crippen LogP contribution in [-0.4, -0.2) is 70.5 Å². The van der Waals surface area contributed by atoms with E-state index in [4.69, 9.17) is 21.7 Å². The third kappa shape index (κ3) is 9.67. The molecule has 1 rings (SSSR count). The van der Waals surface area contributed by atoms with Crippen LogP contribution >= 0.6 is 0 Å². The molecule has 4 amide bonds. The van der Waals surface area contributed by atoms with Crippen molar-refractivity contribution in [3.8, 4) is 0 Å². The quantitative estimate of drug-likeness (QED) is 0.162. The predicted molar refractivity (Wildman–Crippen MR) is 109 cm³/mol. The molecule has 0 fully saturated rings. The molecule has 0 aliphatic carbocycles. The summed E-state index contributed by atoms with van der Waals surface area (Å²) in [4.78, 5) is 70.0. The first-order valence-electron chi connectivity index (χ1n) is 9.39. The highest BCUT2D eigenvalue weighted by Crippen LogP contribution is 2.04.